The third-order valence-corrected chi connectivity index (χ3v) is 8.01. The van der Waals surface area contributed by atoms with Gasteiger partial charge in [0, 0.05) is 31.9 Å². The molecule has 0 radical (unpaired) electrons. The molecule has 0 aliphatic carbocycles. The minimum Gasteiger partial charge on any atom is -0.497 e. The zero-order valence-corrected chi connectivity index (χ0v) is 22.2. The summed E-state index contributed by atoms with van der Waals surface area (Å²) in [5.74, 6) is 0.782. The Bertz CT molecular complexity index is 1310. The van der Waals surface area contributed by atoms with Crippen LogP contribution in [0.4, 0.5) is 5.69 Å². The van der Waals surface area contributed by atoms with Gasteiger partial charge in [-0.3, -0.25) is 4.79 Å². The largest absolute Gasteiger partial charge is 0.497 e. The zero-order valence-electron chi connectivity index (χ0n) is 21.4. The summed E-state index contributed by atoms with van der Waals surface area (Å²) in [5, 5.41) is 0. The topological polar surface area (TPSA) is 88.2 Å². The van der Waals surface area contributed by atoms with Crippen LogP contribution in [0.1, 0.15) is 11.1 Å². The molecule has 1 fully saturated rings. The van der Waals surface area contributed by atoms with Crippen molar-refractivity contribution < 1.29 is 22.7 Å². The Labute approximate surface area is 218 Å². The van der Waals surface area contributed by atoms with Gasteiger partial charge < -0.3 is 19.3 Å². The molecule has 1 aliphatic rings. The van der Waals surface area contributed by atoms with E-state index in [1.807, 2.05) is 61.5 Å². The van der Waals surface area contributed by atoms with Crippen molar-refractivity contribution in [2.45, 2.75) is 24.3 Å². The number of nitrogens with zero attached hydrogens (tertiary/aromatic N) is 2. The monoisotopic (exact) mass is 523 g/mol. The molecule has 0 aromatic heterocycles. The van der Waals surface area contributed by atoms with E-state index in [1.54, 1.807) is 30.2 Å². The van der Waals surface area contributed by atoms with Crippen molar-refractivity contribution >= 4 is 21.6 Å². The van der Waals surface area contributed by atoms with Crippen molar-refractivity contribution in [2.24, 2.45) is 0 Å². The molecule has 1 amide bonds. The normalized spacial score (nSPS) is 14.8. The fourth-order valence-electron chi connectivity index (χ4n) is 4.47. The van der Waals surface area contributed by atoms with Crippen molar-refractivity contribution in [3.8, 4) is 11.5 Å². The van der Waals surface area contributed by atoms with E-state index in [4.69, 9.17) is 9.47 Å². The number of amides is 1. The summed E-state index contributed by atoms with van der Waals surface area (Å²) in [6, 6.07) is 21.3. The first kappa shape index (κ1) is 26.5. The van der Waals surface area contributed by atoms with E-state index in [1.165, 1.54) is 7.11 Å². The molecule has 3 aromatic rings. The Morgan fingerprint density at radius 2 is 1.59 bits per heavy atom. The predicted octanol–water partition coefficient (Wildman–Crippen LogP) is 3.25. The molecule has 1 saturated heterocycles. The lowest BCUT2D eigenvalue weighted by Gasteiger charge is -2.37. The van der Waals surface area contributed by atoms with Crippen molar-refractivity contribution in [3.63, 3.8) is 0 Å². The number of sulfonamides is 1. The van der Waals surface area contributed by atoms with Crippen molar-refractivity contribution in [1.82, 2.24) is 9.62 Å². The maximum atomic E-state index is 13.7. The Kier molecular flexibility index (Phi) is 8.35. The molecular weight excluding hydrogens is 490 g/mol. The van der Waals surface area contributed by atoms with Gasteiger partial charge in [0.15, 0.2) is 0 Å². The number of rotatable bonds is 9. The fraction of sp³-hybridized carbons (Fsp3) is 0.321. The minimum atomic E-state index is -4.03. The summed E-state index contributed by atoms with van der Waals surface area (Å²) in [4.78, 5) is 17.7. The van der Waals surface area contributed by atoms with Crippen LogP contribution >= 0.6 is 0 Å². The molecule has 1 N–H and O–H groups in total. The quantitative estimate of drug-likeness (QED) is 0.463. The Balaban J connectivity index is 1.53. The van der Waals surface area contributed by atoms with Crippen LogP contribution in [0, 0.1) is 6.92 Å². The van der Waals surface area contributed by atoms with Gasteiger partial charge in [-0.25, -0.2) is 8.42 Å². The summed E-state index contributed by atoms with van der Waals surface area (Å²) >= 11 is 0. The number of hydrogen-bond donors (Lipinski definition) is 1. The average Bonchev–Trinajstić information content (AvgIpc) is 2.93. The highest BCUT2D eigenvalue weighted by atomic mass is 32.2. The molecule has 0 bridgehead atoms. The van der Waals surface area contributed by atoms with Crippen molar-refractivity contribution in [2.75, 3.05) is 45.3 Å². The lowest BCUT2D eigenvalue weighted by Crippen LogP contribution is -2.55. The summed E-state index contributed by atoms with van der Waals surface area (Å²) in [5.41, 5.74) is 2.71. The van der Waals surface area contributed by atoms with Crippen LogP contribution < -0.4 is 19.1 Å². The minimum absolute atomic E-state index is 0.0187. The van der Waals surface area contributed by atoms with E-state index in [0.29, 0.717) is 26.2 Å². The van der Waals surface area contributed by atoms with E-state index in [-0.39, 0.29) is 23.0 Å². The van der Waals surface area contributed by atoms with Crippen LogP contribution in [0.25, 0.3) is 0 Å². The Hall–Kier alpha value is -3.56. The first-order valence-electron chi connectivity index (χ1n) is 12.2. The molecular formula is C28H33N3O5S. The molecule has 196 valence electrons. The smallest absolute Gasteiger partial charge is 0.244 e. The number of methoxy groups -OCH3 is 2. The number of ether oxygens (including phenoxy) is 2. The first-order chi connectivity index (χ1) is 17.8. The number of nitrogens with one attached hydrogen (secondary N) is 1. The Morgan fingerprint density at radius 3 is 2.22 bits per heavy atom. The molecule has 37 heavy (non-hydrogen) atoms. The SMILES string of the molecule is COc1ccc(N2CCN(C(=O)C(Cc3ccccc3)NS(=O)(=O)c3cc(C)ccc3OC)CC2)cc1. The van der Waals surface area contributed by atoms with Crippen LogP contribution in [0.15, 0.2) is 77.7 Å². The van der Waals surface area contributed by atoms with Gasteiger partial charge >= 0.3 is 0 Å². The molecule has 1 atom stereocenters. The number of anilines is 1. The highest BCUT2D eigenvalue weighted by Gasteiger charge is 2.32. The van der Waals surface area contributed by atoms with Gasteiger partial charge in [0.1, 0.15) is 22.4 Å². The molecule has 4 rings (SSSR count). The first-order valence-corrected chi connectivity index (χ1v) is 13.7. The van der Waals surface area contributed by atoms with E-state index in [0.717, 1.165) is 22.6 Å². The number of hydrogen-bond acceptors (Lipinski definition) is 6. The standard InChI is InChI=1S/C28H33N3O5S/c1-21-9-14-26(36-3)27(19-21)37(33,34)29-25(20-22-7-5-4-6-8-22)28(32)31-17-15-30(16-18-31)23-10-12-24(35-2)13-11-23/h4-14,19,25,29H,15-18,20H2,1-3H3. The maximum absolute atomic E-state index is 13.7. The van der Waals surface area contributed by atoms with Gasteiger partial charge in [-0.05, 0) is 60.9 Å². The second-order valence-electron chi connectivity index (χ2n) is 9.03. The number of piperazine rings is 1. The van der Waals surface area contributed by atoms with Crippen molar-refractivity contribution in [3.05, 3.63) is 83.9 Å². The van der Waals surface area contributed by atoms with E-state index >= 15 is 0 Å². The van der Waals surface area contributed by atoms with Crippen LogP contribution in [-0.2, 0) is 21.2 Å². The van der Waals surface area contributed by atoms with Gasteiger partial charge in [-0.1, -0.05) is 36.4 Å². The molecule has 0 saturated carbocycles. The van der Waals surface area contributed by atoms with E-state index in [9.17, 15) is 13.2 Å². The van der Waals surface area contributed by atoms with Crippen molar-refractivity contribution in [1.29, 1.82) is 0 Å². The van der Waals surface area contributed by atoms with Gasteiger partial charge in [-0.2, -0.15) is 4.72 Å². The number of benzene rings is 3. The van der Waals surface area contributed by atoms with Gasteiger partial charge in [0.05, 0.1) is 14.2 Å². The highest BCUT2D eigenvalue weighted by molar-refractivity contribution is 7.89. The Morgan fingerprint density at radius 1 is 0.919 bits per heavy atom. The van der Waals surface area contributed by atoms with Gasteiger partial charge in [-0.15, -0.1) is 0 Å². The zero-order chi connectivity index (χ0) is 26.4. The molecule has 1 unspecified atom stereocenters. The second-order valence-corrected chi connectivity index (χ2v) is 10.7. The number of aryl methyl sites for hydroxylation is 1. The van der Waals surface area contributed by atoms with E-state index < -0.39 is 16.1 Å². The summed E-state index contributed by atoms with van der Waals surface area (Å²) in [6.07, 6.45) is 0.242. The molecule has 0 spiro atoms. The summed E-state index contributed by atoms with van der Waals surface area (Å²) in [6.45, 7) is 4.09. The maximum Gasteiger partial charge on any atom is 0.244 e. The molecule has 1 heterocycles. The number of carbonyl (C=O) groups excluding carboxylic acids is 1. The molecule has 9 heteroatoms. The van der Waals surface area contributed by atoms with Crippen LogP contribution in [-0.4, -0.2) is 65.7 Å². The summed E-state index contributed by atoms with van der Waals surface area (Å²) in [7, 11) is -0.971. The predicted molar refractivity (Wildman–Crippen MR) is 144 cm³/mol. The fourth-order valence-corrected chi connectivity index (χ4v) is 5.92. The van der Waals surface area contributed by atoms with E-state index in [2.05, 4.69) is 9.62 Å². The molecule has 8 nitrogen and oxygen atoms in total. The lowest BCUT2D eigenvalue weighted by atomic mass is 10.1. The van der Waals surface area contributed by atoms with Crippen LogP contribution in [0.2, 0.25) is 0 Å². The summed E-state index contributed by atoms with van der Waals surface area (Å²) < 4.78 is 40.1. The van der Waals surface area contributed by atoms with Crippen LogP contribution in [0.3, 0.4) is 0 Å². The molecule has 1 aliphatic heterocycles. The lowest BCUT2D eigenvalue weighted by molar-refractivity contribution is -0.133. The second kappa shape index (κ2) is 11.7. The third kappa shape index (κ3) is 6.42. The molecule has 3 aromatic carbocycles. The average molecular weight is 524 g/mol. The third-order valence-electron chi connectivity index (χ3n) is 6.52. The van der Waals surface area contributed by atoms with Crippen LogP contribution in [0.5, 0.6) is 11.5 Å². The van der Waals surface area contributed by atoms with Gasteiger partial charge in [0.2, 0.25) is 15.9 Å². The van der Waals surface area contributed by atoms with Gasteiger partial charge in [0.25, 0.3) is 0 Å². The highest BCUT2D eigenvalue weighted by Crippen LogP contribution is 2.26. The number of carbonyl (C=O) groups is 1.